The van der Waals surface area contributed by atoms with Gasteiger partial charge in [0.15, 0.2) is 5.69 Å². The second-order valence-corrected chi connectivity index (χ2v) is 5.52. The Labute approximate surface area is 103 Å². The summed E-state index contributed by atoms with van der Waals surface area (Å²) in [5.74, 6) is 0.430. The van der Waals surface area contributed by atoms with E-state index in [1.165, 1.54) is 25.5 Å². The Balaban J connectivity index is 1.77. The summed E-state index contributed by atoms with van der Waals surface area (Å²) >= 11 is 3.63. The molecule has 0 radical (unpaired) electrons. The number of nitrogens with one attached hydrogen (secondary N) is 1. The number of rotatable bonds is 3. The molecule has 1 N–H and O–H groups in total. The highest BCUT2D eigenvalue weighted by Crippen LogP contribution is 2.28. The summed E-state index contributed by atoms with van der Waals surface area (Å²) in [5, 5.41) is 6.49. The Morgan fingerprint density at radius 2 is 2.50 bits per heavy atom. The predicted molar refractivity (Wildman–Crippen MR) is 63.5 cm³/mol. The van der Waals surface area contributed by atoms with E-state index in [1.807, 2.05) is 0 Å². The van der Waals surface area contributed by atoms with Crippen molar-refractivity contribution in [2.75, 3.05) is 6.54 Å². The number of alkyl halides is 1. The number of aromatic nitrogens is 1. The van der Waals surface area contributed by atoms with Gasteiger partial charge < -0.3 is 9.84 Å². The number of hydrogen-bond acceptors (Lipinski definition) is 3. The topological polar surface area (TPSA) is 55.1 Å². The molecule has 0 aromatic carbocycles. The van der Waals surface area contributed by atoms with Gasteiger partial charge in [-0.15, -0.1) is 0 Å². The van der Waals surface area contributed by atoms with Crippen LogP contribution in [0.3, 0.4) is 0 Å². The molecule has 0 spiro atoms. The molecule has 88 valence electrons. The van der Waals surface area contributed by atoms with Gasteiger partial charge in [0.2, 0.25) is 0 Å². The lowest BCUT2D eigenvalue weighted by atomic mass is 9.89. The van der Waals surface area contributed by atoms with Crippen molar-refractivity contribution in [1.29, 1.82) is 0 Å². The minimum atomic E-state index is -0.148. The average Bonchev–Trinajstić information content (AvgIpc) is 2.79. The van der Waals surface area contributed by atoms with E-state index < -0.39 is 0 Å². The molecule has 1 saturated carbocycles. The minimum Gasteiger partial charge on any atom is -0.364 e. The van der Waals surface area contributed by atoms with Gasteiger partial charge in [0, 0.05) is 17.4 Å². The molecule has 1 aliphatic carbocycles. The normalized spacial score (nSPS) is 25.3. The molecular weight excluding hydrogens is 272 g/mol. The lowest BCUT2D eigenvalue weighted by molar-refractivity contribution is 0.0935. The highest BCUT2D eigenvalue weighted by atomic mass is 79.9. The number of nitrogens with zero attached hydrogens (tertiary/aromatic N) is 1. The van der Waals surface area contributed by atoms with Crippen LogP contribution in [0, 0.1) is 5.92 Å². The van der Waals surface area contributed by atoms with Gasteiger partial charge in [-0.2, -0.15) is 0 Å². The van der Waals surface area contributed by atoms with Crippen LogP contribution in [0.1, 0.15) is 36.2 Å². The van der Waals surface area contributed by atoms with Gasteiger partial charge in [-0.05, 0) is 25.2 Å². The first-order valence-corrected chi connectivity index (χ1v) is 6.50. The van der Waals surface area contributed by atoms with E-state index in [2.05, 4.69) is 30.9 Å². The first-order valence-electron chi connectivity index (χ1n) is 5.58. The van der Waals surface area contributed by atoms with Gasteiger partial charge in [-0.25, -0.2) is 0 Å². The van der Waals surface area contributed by atoms with Crippen LogP contribution in [-0.2, 0) is 0 Å². The Hall–Kier alpha value is -0.840. The maximum Gasteiger partial charge on any atom is 0.273 e. The van der Waals surface area contributed by atoms with Crippen molar-refractivity contribution in [2.24, 2.45) is 5.92 Å². The third-order valence-electron chi connectivity index (χ3n) is 2.94. The second kappa shape index (κ2) is 5.48. The van der Waals surface area contributed by atoms with Crippen LogP contribution in [0.25, 0.3) is 0 Å². The Bertz CT molecular complexity index is 340. The van der Waals surface area contributed by atoms with Gasteiger partial charge in [-0.1, -0.05) is 27.5 Å². The summed E-state index contributed by atoms with van der Waals surface area (Å²) in [6.45, 7) is 0.730. The van der Waals surface area contributed by atoms with Crippen LogP contribution in [0.15, 0.2) is 16.9 Å². The fourth-order valence-corrected chi connectivity index (χ4v) is 2.92. The molecule has 2 rings (SSSR count). The molecule has 16 heavy (non-hydrogen) atoms. The quantitative estimate of drug-likeness (QED) is 0.868. The molecule has 1 aromatic rings. The summed E-state index contributed by atoms with van der Waals surface area (Å²) in [6, 6.07) is 1.57. The zero-order valence-electron chi connectivity index (χ0n) is 8.99. The van der Waals surface area contributed by atoms with Crippen LogP contribution in [0.2, 0.25) is 0 Å². The molecule has 1 heterocycles. The Morgan fingerprint density at radius 1 is 1.62 bits per heavy atom. The summed E-state index contributed by atoms with van der Waals surface area (Å²) < 4.78 is 4.63. The van der Waals surface area contributed by atoms with Gasteiger partial charge in [0.25, 0.3) is 5.91 Å². The van der Waals surface area contributed by atoms with Crippen LogP contribution in [-0.4, -0.2) is 22.4 Å². The minimum absolute atomic E-state index is 0.148. The van der Waals surface area contributed by atoms with E-state index in [9.17, 15) is 4.79 Å². The van der Waals surface area contributed by atoms with Gasteiger partial charge >= 0.3 is 0 Å². The van der Waals surface area contributed by atoms with Crippen molar-refractivity contribution < 1.29 is 9.32 Å². The monoisotopic (exact) mass is 286 g/mol. The first-order chi connectivity index (χ1) is 7.75. The molecule has 1 fully saturated rings. The van der Waals surface area contributed by atoms with E-state index in [0.29, 0.717) is 16.4 Å². The first kappa shape index (κ1) is 11.6. The summed E-state index contributed by atoms with van der Waals surface area (Å²) in [5.41, 5.74) is 0.353. The van der Waals surface area contributed by atoms with Crippen LogP contribution >= 0.6 is 15.9 Å². The maximum atomic E-state index is 11.6. The molecule has 1 aliphatic rings. The van der Waals surface area contributed by atoms with Crippen molar-refractivity contribution in [3.8, 4) is 0 Å². The highest BCUT2D eigenvalue weighted by Gasteiger charge is 2.20. The summed E-state index contributed by atoms with van der Waals surface area (Å²) in [6.07, 6.45) is 6.22. The van der Waals surface area contributed by atoms with Gasteiger partial charge in [-0.3, -0.25) is 4.79 Å². The average molecular weight is 287 g/mol. The predicted octanol–water partition coefficient (Wildman–Crippen LogP) is 2.36. The summed E-state index contributed by atoms with van der Waals surface area (Å²) in [4.78, 5) is 12.2. The molecule has 2 atom stereocenters. The number of halogens is 1. The number of carbonyl (C=O) groups excluding carboxylic acids is 1. The fraction of sp³-hybridized carbons (Fsp3) is 0.636. The molecule has 1 aromatic heterocycles. The standard InChI is InChI=1S/C11H15BrN2O2/c12-9-3-1-2-8(6-9)7-13-11(15)10-4-5-16-14-10/h4-5,8-9H,1-3,6-7H2,(H,13,15). The summed E-state index contributed by atoms with van der Waals surface area (Å²) in [7, 11) is 0. The van der Waals surface area contributed by atoms with E-state index in [0.717, 1.165) is 13.0 Å². The van der Waals surface area contributed by atoms with E-state index in [1.54, 1.807) is 6.07 Å². The van der Waals surface area contributed by atoms with Crippen LogP contribution in [0.4, 0.5) is 0 Å². The van der Waals surface area contributed by atoms with E-state index in [-0.39, 0.29) is 5.91 Å². The van der Waals surface area contributed by atoms with Gasteiger partial charge in [0.1, 0.15) is 6.26 Å². The van der Waals surface area contributed by atoms with Crippen molar-refractivity contribution in [1.82, 2.24) is 10.5 Å². The lowest BCUT2D eigenvalue weighted by Crippen LogP contribution is -2.32. The third-order valence-corrected chi connectivity index (χ3v) is 3.77. The highest BCUT2D eigenvalue weighted by molar-refractivity contribution is 9.09. The number of amides is 1. The van der Waals surface area contributed by atoms with Crippen molar-refractivity contribution in [3.63, 3.8) is 0 Å². The van der Waals surface area contributed by atoms with E-state index in [4.69, 9.17) is 0 Å². The molecule has 4 nitrogen and oxygen atoms in total. The van der Waals surface area contributed by atoms with Gasteiger partial charge in [0.05, 0.1) is 0 Å². The number of carbonyl (C=O) groups is 1. The third kappa shape index (κ3) is 3.07. The van der Waals surface area contributed by atoms with Crippen LogP contribution < -0.4 is 5.32 Å². The SMILES string of the molecule is O=C(NCC1CCCC(Br)C1)c1ccon1. The fourth-order valence-electron chi connectivity index (χ4n) is 2.07. The van der Waals surface area contributed by atoms with Crippen LogP contribution in [0.5, 0.6) is 0 Å². The van der Waals surface area contributed by atoms with Crippen molar-refractivity contribution in [3.05, 3.63) is 18.0 Å². The van der Waals surface area contributed by atoms with Crippen molar-refractivity contribution >= 4 is 21.8 Å². The molecular formula is C11H15BrN2O2. The zero-order valence-corrected chi connectivity index (χ0v) is 10.6. The molecule has 5 heteroatoms. The molecule has 0 bridgehead atoms. The lowest BCUT2D eigenvalue weighted by Gasteiger charge is -2.25. The van der Waals surface area contributed by atoms with Crippen molar-refractivity contribution in [2.45, 2.75) is 30.5 Å². The smallest absolute Gasteiger partial charge is 0.273 e. The zero-order chi connectivity index (χ0) is 11.4. The molecule has 1 amide bonds. The molecule has 2 unspecified atom stereocenters. The molecule has 0 aliphatic heterocycles. The Morgan fingerprint density at radius 3 is 3.19 bits per heavy atom. The number of hydrogen-bond donors (Lipinski definition) is 1. The second-order valence-electron chi connectivity index (χ2n) is 4.22. The maximum absolute atomic E-state index is 11.6. The largest absolute Gasteiger partial charge is 0.364 e. The Kier molecular flexibility index (Phi) is 3.98. The molecule has 0 saturated heterocycles. The van der Waals surface area contributed by atoms with E-state index >= 15 is 0 Å².